The van der Waals surface area contributed by atoms with E-state index in [1.54, 1.807) is 7.11 Å². The van der Waals surface area contributed by atoms with Gasteiger partial charge in [-0.15, -0.1) is 0 Å². The fraction of sp³-hybridized carbons (Fsp3) is 0.519. The zero-order valence-electron chi connectivity index (χ0n) is 18.4. The van der Waals surface area contributed by atoms with Crippen LogP contribution in [0.5, 0.6) is 0 Å². The lowest BCUT2D eigenvalue weighted by atomic mass is 9.65. The number of nitrogens with zero attached hydrogens (tertiary/aromatic N) is 1. The third-order valence-electron chi connectivity index (χ3n) is 8.21. The molecule has 4 heteroatoms. The van der Waals surface area contributed by atoms with E-state index in [9.17, 15) is 9.18 Å². The molecule has 0 aromatic heterocycles. The summed E-state index contributed by atoms with van der Waals surface area (Å²) >= 11 is 0. The largest absolute Gasteiger partial charge is 0.374 e. The number of halogens is 1. The molecule has 3 fully saturated rings. The summed E-state index contributed by atoms with van der Waals surface area (Å²) in [6.07, 6.45) is 5.73. The predicted molar refractivity (Wildman–Crippen MR) is 120 cm³/mol. The number of aryl methyl sites for hydroxylation is 1. The molecule has 0 saturated carbocycles. The molecule has 3 saturated heterocycles. The van der Waals surface area contributed by atoms with Gasteiger partial charge in [-0.3, -0.25) is 4.79 Å². The fourth-order valence-electron chi connectivity index (χ4n) is 6.28. The molecule has 0 radical (unpaired) electrons. The maximum atomic E-state index is 13.9. The normalized spacial score (nSPS) is 30.6. The first-order valence-corrected chi connectivity index (χ1v) is 11.7. The van der Waals surface area contributed by atoms with E-state index < -0.39 is 0 Å². The number of carbonyl (C=O) groups is 1. The van der Waals surface area contributed by atoms with Gasteiger partial charge in [0.1, 0.15) is 11.9 Å². The third kappa shape index (κ3) is 3.96. The second-order valence-electron chi connectivity index (χ2n) is 9.80. The number of benzene rings is 2. The summed E-state index contributed by atoms with van der Waals surface area (Å²) in [5.74, 6) is -0.186. The number of Topliss-reactive ketones (excluding diaryl/α,β-unsaturated/α-hetero) is 1. The van der Waals surface area contributed by atoms with Crippen LogP contribution in [0, 0.1) is 17.2 Å². The number of ketones is 1. The molecule has 164 valence electrons. The Bertz CT molecular complexity index is 919. The number of hydrogen-bond acceptors (Lipinski definition) is 3. The second-order valence-corrected chi connectivity index (χ2v) is 9.80. The van der Waals surface area contributed by atoms with Crippen LogP contribution in [0.2, 0.25) is 0 Å². The van der Waals surface area contributed by atoms with E-state index in [2.05, 4.69) is 23.1 Å². The van der Waals surface area contributed by atoms with Gasteiger partial charge < -0.3 is 9.64 Å². The zero-order chi connectivity index (χ0) is 21.4. The van der Waals surface area contributed by atoms with Gasteiger partial charge in [-0.05, 0) is 92.4 Å². The summed E-state index contributed by atoms with van der Waals surface area (Å²) in [6, 6.07) is 15.1. The van der Waals surface area contributed by atoms with E-state index in [0.717, 1.165) is 44.5 Å². The van der Waals surface area contributed by atoms with Crippen LogP contribution < -0.4 is 0 Å². The molecule has 6 rings (SSSR count). The van der Waals surface area contributed by atoms with Gasteiger partial charge in [-0.1, -0.05) is 36.4 Å². The van der Waals surface area contributed by atoms with Crippen molar-refractivity contribution in [3.8, 4) is 0 Å². The van der Waals surface area contributed by atoms with Crippen molar-refractivity contribution in [3.63, 3.8) is 0 Å². The van der Waals surface area contributed by atoms with Gasteiger partial charge in [-0.25, -0.2) is 4.39 Å². The molecule has 31 heavy (non-hydrogen) atoms. The van der Waals surface area contributed by atoms with Gasteiger partial charge >= 0.3 is 0 Å². The summed E-state index contributed by atoms with van der Waals surface area (Å²) in [6.45, 7) is 3.46. The molecule has 3 heterocycles. The Morgan fingerprint density at radius 3 is 2.45 bits per heavy atom. The Labute approximate surface area is 184 Å². The number of rotatable bonds is 6. The van der Waals surface area contributed by atoms with Crippen molar-refractivity contribution >= 4 is 5.78 Å². The van der Waals surface area contributed by atoms with Gasteiger partial charge in [0.2, 0.25) is 0 Å². The summed E-state index contributed by atoms with van der Waals surface area (Å²) in [5, 5.41) is 0. The van der Waals surface area contributed by atoms with Crippen LogP contribution in [0.4, 0.5) is 4.39 Å². The number of methoxy groups -OCH3 is 1. The van der Waals surface area contributed by atoms with Crippen molar-refractivity contribution in [1.29, 1.82) is 0 Å². The van der Waals surface area contributed by atoms with Gasteiger partial charge in [0, 0.05) is 18.9 Å². The molecule has 2 aromatic carbocycles. The Balaban J connectivity index is 1.45. The maximum Gasteiger partial charge on any atom is 0.165 e. The Morgan fingerprint density at radius 2 is 1.77 bits per heavy atom. The van der Waals surface area contributed by atoms with Gasteiger partial charge in [0.15, 0.2) is 5.78 Å². The van der Waals surface area contributed by atoms with E-state index in [4.69, 9.17) is 4.74 Å². The van der Waals surface area contributed by atoms with Crippen LogP contribution >= 0.6 is 0 Å². The number of fused-ring (bicyclic) bond motifs is 4. The molecule has 2 bridgehead atoms. The first kappa shape index (κ1) is 20.8. The van der Waals surface area contributed by atoms with Crippen LogP contribution in [0.25, 0.3) is 0 Å². The molecule has 0 N–H and O–H groups in total. The highest BCUT2D eigenvalue weighted by atomic mass is 19.1. The SMILES string of the molecule is CO[C@@H](CC12CCN(CC1)CC2)C(=O)C1CCc2ccccc2[C@@H]1c1ccc(F)cc1. The second kappa shape index (κ2) is 8.48. The maximum absolute atomic E-state index is 13.9. The smallest absolute Gasteiger partial charge is 0.165 e. The predicted octanol–water partition coefficient (Wildman–Crippen LogP) is 4.98. The quantitative estimate of drug-likeness (QED) is 0.659. The Kier molecular flexibility index (Phi) is 5.70. The third-order valence-corrected chi connectivity index (χ3v) is 8.21. The van der Waals surface area contributed by atoms with Crippen LogP contribution in [0.3, 0.4) is 0 Å². The van der Waals surface area contributed by atoms with Crippen molar-refractivity contribution in [2.24, 2.45) is 11.3 Å². The highest BCUT2D eigenvalue weighted by Crippen LogP contribution is 2.46. The summed E-state index contributed by atoms with van der Waals surface area (Å²) in [5.41, 5.74) is 3.78. The molecule has 1 unspecified atom stereocenters. The number of hydrogen-bond donors (Lipinski definition) is 0. The summed E-state index contributed by atoms with van der Waals surface area (Å²) in [7, 11) is 1.70. The average Bonchev–Trinajstić information content (AvgIpc) is 2.83. The van der Waals surface area contributed by atoms with E-state index in [1.165, 1.54) is 42.5 Å². The van der Waals surface area contributed by atoms with Gasteiger partial charge in [0.05, 0.1) is 0 Å². The van der Waals surface area contributed by atoms with Crippen LogP contribution in [-0.4, -0.2) is 43.5 Å². The molecule has 3 nitrogen and oxygen atoms in total. The van der Waals surface area contributed by atoms with E-state index in [1.807, 2.05) is 18.2 Å². The molecule has 3 aliphatic heterocycles. The van der Waals surface area contributed by atoms with Crippen molar-refractivity contribution in [2.45, 2.75) is 50.5 Å². The lowest BCUT2D eigenvalue weighted by molar-refractivity contribution is -0.137. The van der Waals surface area contributed by atoms with Crippen molar-refractivity contribution in [1.82, 2.24) is 4.90 Å². The Morgan fingerprint density at radius 1 is 1.10 bits per heavy atom. The minimum atomic E-state index is -0.358. The lowest BCUT2D eigenvalue weighted by Gasteiger charge is -2.49. The fourth-order valence-corrected chi connectivity index (χ4v) is 6.28. The van der Waals surface area contributed by atoms with Crippen molar-refractivity contribution < 1.29 is 13.9 Å². The minimum Gasteiger partial charge on any atom is -0.374 e. The minimum absolute atomic E-state index is 0.0404. The van der Waals surface area contributed by atoms with Gasteiger partial charge in [-0.2, -0.15) is 0 Å². The van der Waals surface area contributed by atoms with E-state index >= 15 is 0 Å². The first-order chi connectivity index (χ1) is 15.1. The molecule has 2 aromatic rings. The van der Waals surface area contributed by atoms with Gasteiger partial charge in [0.25, 0.3) is 0 Å². The molecule has 1 aliphatic carbocycles. The lowest BCUT2D eigenvalue weighted by Crippen LogP contribution is -2.50. The summed E-state index contributed by atoms with van der Waals surface area (Å²) < 4.78 is 19.5. The zero-order valence-corrected chi connectivity index (χ0v) is 18.4. The first-order valence-electron chi connectivity index (χ1n) is 11.7. The van der Waals surface area contributed by atoms with Crippen molar-refractivity contribution in [3.05, 3.63) is 71.0 Å². The molecule has 0 amide bonds. The number of carbonyl (C=O) groups excluding carboxylic acids is 1. The standard InChI is InChI=1S/C27H32FNO2/c1-31-24(18-27-12-15-29(16-13-27)17-14-27)26(30)23-11-8-19-4-2-3-5-22(19)25(23)20-6-9-21(28)10-7-20/h2-7,9-10,23-25H,8,11-18H2,1H3/t23?,24-,25-/m0/s1. The number of piperidine rings is 3. The van der Waals surface area contributed by atoms with E-state index in [-0.39, 0.29) is 35.0 Å². The topological polar surface area (TPSA) is 29.5 Å². The monoisotopic (exact) mass is 421 g/mol. The molecule has 0 spiro atoms. The Hall–Kier alpha value is -2.04. The highest BCUT2D eigenvalue weighted by molar-refractivity contribution is 5.87. The summed E-state index contributed by atoms with van der Waals surface area (Å²) in [4.78, 5) is 16.5. The number of ether oxygens (including phenoxy) is 1. The van der Waals surface area contributed by atoms with E-state index in [0.29, 0.717) is 0 Å². The van der Waals surface area contributed by atoms with Crippen LogP contribution in [-0.2, 0) is 16.0 Å². The highest BCUT2D eigenvalue weighted by Gasteiger charge is 2.45. The molecule has 4 aliphatic rings. The average molecular weight is 422 g/mol. The van der Waals surface area contributed by atoms with Crippen LogP contribution in [0.1, 0.15) is 54.7 Å². The molecule has 3 atom stereocenters. The van der Waals surface area contributed by atoms with Crippen molar-refractivity contribution in [2.75, 3.05) is 26.7 Å². The van der Waals surface area contributed by atoms with Crippen LogP contribution in [0.15, 0.2) is 48.5 Å². The molecular formula is C27H32FNO2. The molecular weight excluding hydrogens is 389 g/mol.